The Bertz CT molecular complexity index is 380. The van der Waals surface area contributed by atoms with Crippen molar-refractivity contribution in [3.8, 4) is 6.07 Å². The van der Waals surface area contributed by atoms with Crippen molar-refractivity contribution in [2.24, 2.45) is 5.84 Å². The van der Waals surface area contributed by atoms with Crippen molar-refractivity contribution in [3.63, 3.8) is 0 Å². The Morgan fingerprint density at radius 2 is 2.16 bits per heavy atom. The quantitative estimate of drug-likeness (QED) is 0.398. The van der Waals surface area contributed by atoms with Crippen LogP contribution in [0.15, 0.2) is 0 Å². The van der Waals surface area contributed by atoms with Gasteiger partial charge in [-0.25, -0.2) is 4.79 Å². The first-order chi connectivity index (χ1) is 8.69. The van der Waals surface area contributed by atoms with Gasteiger partial charge in [-0.2, -0.15) is 18.4 Å². The van der Waals surface area contributed by atoms with Gasteiger partial charge < -0.3 is 5.11 Å². The average molecular weight is 282 g/mol. The number of carbonyl (C=O) groups excluding carboxylic acids is 1. The van der Waals surface area contributed by atoms with Crippen molar-refractivity contribution in [2.75, 3.05) is 13.1 Å². The van der Waals surface area contributed by atoms with Crippen LogP contribution in [0.5, 0.6) is 0 Å². The maximum absolute atomic E-state index is 11.3. The van der Waals surface area contributed by atoms with E-state index in [2.05, 4.69) is 10.7 Å². The first-order valence-corrected chi connectivity index (χ1v) is 5.13. The summed E-state index contributed by atoms with van der Waals surface area (Å²) in [6.45, 7) is 1.06. The SMILES string of the molecule is N#CC1(CCNN)NCCC1=O.O=C(O)C(F)(F)F. The van der Waals surface area contributed by atoms with Gasteiger partial charge in [-0.05, 0) is 6.42 Å². The molecule has 1 aliphatic rings. The number of nitrogens with zero attached hydrogens (tertiary/aromatic N) is 1. The highest BCUT2D eigenvalue weighted by molar-refractivity contribution is 5.93. The maximum Gasteiger partial charge on any atom is 0.490 e. The lowest BCUT2D eigenvalue weighted by Crippen LogP contribution is -2.46. The van der Waals surface area contributed by atoms with Crippen molar-refractivity contribution in [1.82, 2.24) is 10.7 Å². The molecule has 7 nitrogen and oxygen atoms in total. The third-order valence-corrected chi connectivity index (χ3v) is 2.33. The molecule has 0 bridgehead atoms. The first-order valence-electron chi connectivity index (χ1n) is 5.13. The summed E-state index contributed by atoms with van der Waals surface area (Å²) in [4.78, 5) is 20.2. The van der Waals surface area contributed by atoms with E-state index in [-0.39, 0.29) is 5.78 Å². The van der Waals surface area contributed by atoms with Crippen LogP contribution in [0.3, 0.4) is 0 Å². The van der Waals surface area contributed by atoms with Gasteiger partial charge in [-0.15, -0.1) is 0 Å². The highest BCUT2D eigenvalue weighted by Crippen LogP contribution is 2.17. The second-order valence-electron chi connectivity index (χ2n) is 3.62. The lowest BCUT2D eigenvalue weighted by atomic mass is 9.94. The number of carboxylic acid groups (broad SMARTS) is 1. The zero-order valence-corrected chi connectivity index (χ0v) is 9.75. The van der Waals surface area contributed by atoms with Crippen LogP contribution in [0.25, 0.3) is 0 Å². The molecule has 0 amide bonds. The summed E-state index contributed by atoms with van der Waals surface area (Å²) < 4.78 is 31.7. The molecule has 1 heterocycles. The van der Waals surface area contributed by atoms with Crippen LogP contribution in [0.4, 0.5) is 13.2 Å². The van der Waals surface area contributed by atoms with E-state index in [1.807, 2.05) is 6.07 Å². The third kappa shape index (κ3) is 5.21. The zero-order valence-electron chi connectivity index (χ0n) is 9.75. The molecule has 0 radical (unpaired) electrons. The second kappa shape index (κ2) is 7.03. The summed E-state index contributed by atoms with van der Waals surface area (Å²) in [5, 5.41) is 18.8. The summed E-state index contributed by atoms with van der Waals surface area (Å²) in [6.07, 6.45) is -4.21. The monoisotopic (exact) mass is 282 g/mol. The first kappa shape index (κ1) is 17.3. The van der Waals surface area contributed by atoms with E-state index >= 15 is 0 Å². The Kier molecular flexibility index (Phi) is 6.40. The van der Waals surface area contributed by atoms with Gasteiger partial charge >= 0.3 is 12.1 Å². The Hall–Kier alpha value is -1.70. The largest absolute Gasteiger partial charge is 0.490 e. The number of carbonyl (C=O) groups is 2. The molecule has 1 rings (SSSR count). The lowest BCUT2D eigenvalue weighted by Gasteiger charge is -2.18. The van der Waals surface area contributed by atoms with Crippen LogP contribution in [0.2, 0.25) is 0 Å². The smallest absolute Gasteiger partial charge is 0.475 e. The number of nitrogens with one attached hydrogen (secondary N) is 2. The summed E-state index contributed by atoms with van der Waals surface area (Å²) >= 11 is 0. The van der Waals surface area contributed by atoms with Crippen LogP contribution in [-0.2, 0) is 9.59 Å². The van der Waals surface area contributed by atoms with E-state index in [1.54, 1.807) is 0 Å². The van der Waals surface area contributed by atoms with Crippen molar-refractivity contribution >= 4 is 11.8 Å². The molecule has 1 saturated heterocycles. The molecule has 108 valence electrons. The number of alkyl halides is 3. The van der Waals surface area contributed by atoms with Crippen molar-refractivity contribution in [2.45, 2.75) is 24.6 Å². The fourth-order valence-electron chi connectivity index (χ4n) is 1.35. The van der Waals surface area contributed by atoms with Crippen molar-refractivity contribution < 1.29 is 27.9 Å². The Morgan fingerprint density at radius 3 is 2.42 bits per heavy atom. The molecular weight excluding hydrogens is 269 g/mol. The van der Waals surface area contributed by atoms with Gasteiger partial charge in [0.25, 0.3) is 0 Å². The molecule has 10 heteroatoms. The Morgan fingerprint density at radius 1 is 1.63 bits per heavy atom. The van der Waals surface area contributed by atoms with E-state index in [9.17, 15) is 18.0 Å². The van der Waals surface area contributed by atoms with Gasteiger partial charge in [0.15, 0.2) is 11.3 Å². The van der Waals surface area contributed by atoms with E-state index in [4.69, 9.17) is 21.0 Å². The topological polar surface area (TPSA) is 128 Å². The molecule has 0 saturated carbocycles. The van der Waals surface area contributed by atoms with Crippen LogP contribution in [0.1, 0.15) is 12.8 Å². The van der Waals surface area contributed by atoms with Crippen LogP contribution < -0.4 is 16.6 Å². The van der Waals surface area contributed by atoms with E-state index in [0.29, 0.717) is 25.9 Å². The van der Waals surface area contributed by atoms with E-state index in [0.717, 1.165) is 0 Å². The minimum Gasteiger partial charge on any atom is -0.475 e. The number of rotatable bonds is 3. The molecule has 0 aromatic carbocycles. The Labute approximate surface area is 106 Å². The highest BCUT2D eigenvalue weighted by atomic mass is 19.4. The van der Waals surface area contributed by atoms with Crippen LogP contribution >= 0.6 is 0 Å². The van der Waals surface area contributed by atoms with Gasteiger partial charge in [-0.1, -0.05) is 0 Å². The van der Waals surface area contributed by atoms with Gasteiger partial charge in [0.1, 0.15) is 0 Å². The summed E-state index contributed by atoms with van der Waals surface area (Å²) in [5.41, 5.74) is 1.45. The fourth-order valence-corrected chi connectivity index (χ4v) is 1.35. The molecule has 0 spiro atoms. The van der Waals surface area contributed by atoms with Crippen molar-refractivity contribution in [1.29, 1.82) is 5.26 Å². The number of ketones is 1. The predicted molar refractivity (Wildman–Crippen MR) is 56.5 cm³/mol. The molecule has 5 N–H and O–H groups in total. The maximum atomic E-state index is 11.3. The molecule has 0 aromatic rings. The number of hydrogen-bond acceptors (Lipinski definition) is 6. The number of halogens is 3. The van der Waals surface area contributed by atoms with Gasteiger partial charge in [-0.3, -0.25) is 21.4 Å². The van der Waals surface area contributed by atoms with Crippen LogP contribution in [0, 0.1) is 11.3 Å². The number of nitrogens with two attached hydrogens (primary N) is 1. The lowest BCUT2D eigenvalue weighted by molar-refractivity contribution is -0.192. The van der Waals surface area contributed by atoms with Crippen LogP contribution in [-0.4, -0.2) is 41.7 Å². The molecular formula is C9H13F3N4O3. The molecule has 0 aliphatic carbocycles. The molecule has 1 atom stereocenters. The summed E-state index contributed by atoms with van der Waals surface area (Å²) in [5.74, 6) is 2.28. The molecule has 19 heavy (non-hydrogen) atoms. The predicted octanol–water partition coefficient (Wildman–Crippen LogP) is -0.702. The minimum absolute atomic E-state index is 0.0275. The molecule has 0 aromatic heterocycles. The summed E-state index contributed by atoms with van der Waals surface area (Å²) in [7, 11) is 0. The molecule has 1 fully saturated rings. The highest BCUT2D eigenvalue weighted by Gasteiger charge is 2.41. The van der Waals surface area contributed by atoms with Gasteiger partial charge in [0, 0.05) is 19.5 Å². The minimum atomic E-state index is -5.08. The van der Waals surface area contributed by atoms with Crippen molar-refractivity contribution in [3.05, 3.63) is 0 Å². The van der Waals surface area contributed by atoms with Gasteiger partial charge in [0.05, 0.1) is 6.07 Å². The number of hydrazine groups is 1. The average Bonchev–Trinajstić information content (AvgIpc) is 2.68. The van der Waals surface area contributed by atoms with Gasteiger partial charge in [0.2, 0.25) is 0 Å². The normalized spacial score (nSPS) is 22.4. The number of Topliss-reactive ketones (excluding diaryl/α,β-unsaturated/α-hetero) is 1. The number of aliphatic carboxylic acids is 1. The number of hydrogen-bond donors (Lipinski definition) is 4. The summed E-state index contributed by atoms with van der Waals surface area (Å²) in [6, 6.07) is 2.01. The molecule has 1 aliphatic heterocycles. The molecule has 1 unspecified atom stereocenters. The second-order valence-corrected chi connectivity index (χ2v) is 3.62. The van der Waals surface area contributed by atoms with E-state index < -0.39 is 17.7 Å². The third-order valence-electron chi connectivity index (χ3n) is 2.33. The standard InChI is InChI=1S/C7H12N4O.C2HF3O2/c8-5-7(2-4-11-9)6(12)1-3-10-7;3-2(4,5)1(6)7/h10-11H,1-4,9H2;(H,6,7). The fraction of sp³-hybridized carbons (Fsp3) is 0.667. The van der Waals surface area contributed by atoms with E-state index in [1.165, 1.54) is 0 Å². The Balaban J connectivity index is 0.000000399. The number of carboxylic acids is 1. The zero-order chi connectivity index (χ0) is 15.1. The number of nitriles is 1.